The minimum absolute atomic E-state index is 0.0308. The molecule has 1 N–H and O–H groups in total. The van der Waals surface area contributed by atoms with Crippen molar-refractivity contribution >= 4 is 34.3 Å². The van der Waals surface area contributed by atoms with Gasteiger partial charge in [-0.3, -0.25) is 4.79 Å². The number of hydrogen-bond acceptors (Lipinski definition) is 6. The van der Waals surface area contributed by atoms with Crippen LogP contribution in [0.15, 0.2) is 78.0 Å². The number of ether oxygens (including phenoxy) is 1. The topological polar surface area (TPSA) is 64.1 Å². The molecule has 1 heterocycles. The molecule has 0 radical (unpaired) electrons. The van der Waals surface area contributed by atoms with E-state index in [1.54, 1.807) is 20.1 Å². The van der Waals surface area contributed by atoms with Crippen LogP contribution in [-0.2, 0) is 12.3 Å². The van der Waals surface area contributed by atoms with Crippen molar-refractivity contribution in [3.63, 3.8) is 0 Å². The van der Waals surface area contributed by atoms with E-state index in [1.165, 1.54) is 17.3 Å². The Bertz CT molecular complexity index is 1210. The quantitative estimate of drug-likeness (QED) is 0.219. The summed E-state index contributed by atoms with van der Waals surface area (Å²) in [6.07, 6.45) is 0. The van der Waals surface area contributed by atoms with Crippen LogP contribution in [0, 0.1) is 0 Å². The summed E-state index contributed by atoms with van der Waals surface area (Å²) in [4.78, 5) is 21.3. The molecule has 4 aromatic rings. The third-order valence-electron chi connectivity index (χ3n) is 4.93. The minimum atomic E-state index is 0.0308. The van der Waals surface area contributed by atoms with E-state index in [2.05, 4.69) is 17.4 Å². The summed E-state index contributed by atoms with van der Waals surface area (Å²) in [7, 11) is 1.63. The van der Waals surface area contributed by atoms with Gasteiger partial charge in [0, 0.05) is 28.8 Å². The van der Waals surface area contributed by atoms with Crippen molar-refractivity contribution in [3.05, 3.63) is 89.5 Å². The highest BCUT2D eigenvalue weighted by atomic mass is 32.2. The molecule has 0 aliphatic rings. The number of rotatable bonds is 8. The lowest BCUT2D eigenvalue weighted by Gasteiger charge is -2.12. The van der Waals surface area contributed by atoms with Gasteiger partial charge >= 0.3 is 0 Å². The predicted molar refractivity (Wildman–Crippen MR) is 126 cm³/mol. The van der Waals surface area contributed by atoms with E-state index in [0.29, 0.717) is 23.0 Å². The van der Waals surface area contributed by atoms with Crippen LogP contribution in [0.5, 0.6) is 5.75 Å². The zero-order valence-electron chi connectivity index (χ0n) is 17.5. The van der Waals surface area contributed by atoms with Crippen molar-refractivity contribution in [2.24, 2.45) is 0 Å². The molecular weight excluding hydrogens is 406 g/mol. The second-order valence-corrected chi connectivity index (χ2v) is 8.03. The van der Waals surface area contributed by atoms with Crippen LogP contribution in [0.4, 0.5) is 5.82 Å². The molecule has 0 aliphatic heterocycles. The number of ketones is 1. The van der Waals surface area contributed by atoms with E-state index >= 15 is 0 Å². The molecule has 1 aromatic heterocycles. The zero-order chi connectivity index (χ0) is 21.6. The molecule has 3 aromatic carbocycles. The van der Waals surface area contributed by atoms with Crippen molar-refractivity contribution in [1.82, 2.24) is 9.97 Å². The number of Topliss-reactive ketones (excluding diaryl/α,β-unsaturated/α-hetero) is 1. The van der Waals surface area contributed by atoms with Crippen LogP contribution >= 0.6 is 11.8 Å². The normalized spacial score (nSPS) is 10.8. The highest BCUT2D eigenvalue weighted by molar-refractivity contribution is 7.98. The molecule has 0 amide bonds. The standard InChI is InChI=1S/C25H23N3O2S/c1-17(29)19-12-13-23(30-2)20(14-19)16-31-25-27-22-11-7-6-10-21(22)24(28-25)26-15-18-8-4-3-5-9-18/h3-14H,15-16H2,1-2H3,(H,26,27,28). The molecule has 0 fully saturated rings. The first-order chi connectivity index (χ1) is 15.1. The molecule has 0 aliphatic carbocycles. The van der Waals surface area contributed by atoms with Crippen molar-refractivity contribution in [1.29, 1.82) is 0 Å². The number of thioether (sulfide) groups is 1. The average Bonchev–Trinajstić information content (AvgIpc) is 2.81. The number of anilines is 1. The Morgan fingerprint density at radius 3 is 2.55 bits per heavy atom. The first-order valence-electron chi connectivity index (χ1n) is 9.99. The first-order valence-corrected chi connectivity index (χ1v) is 11.0. The van der Waals surface area contributed by atoms with Crippen LogP contribution in [0.3, 0.4) is 0 Å². The smallest absolute Gasteiger partial charge is 0.190 e. The summed E-state index contributed by atoms with van der Waals surface area (Å²) < 4.78 is 5.47. The van der Waals surface area contributed by atoms with Gasteiger partial charge in [0.25, 0.3) is 0 Å². The Balaban J connectivity index is 1.60. The summed E-state index contributed by atoms with van der Waals surface area (Å²) in [5.41, 5.74) is 3.68. The van der Waals surface area contributed by atoms with E-state index in [4.69, 9.17) is 14.7 Å². The van der Waals surface area contributed by atoms with Crippen molar-refractivity contribution in [2.45, 2.75) is 24.4 Å². The first kappa shape index (κ1) is 20.9. The maximum absolute atomic E-state index is 11.8. The summed E-state index contributed by atoms with van der Waals surface area (Å²) in [6.45, 7) is 2.25. The number of benzene rings is 3. The lowest BCUT2D eigenvalue weighted by atomic mass is 10.1. The van der Waals surface area contributed by atoms with Crippen molar-refractivity contribution in [2.75, 3.05) is 12.4 Å². The number of nitrogens with zero attached hydrogens (tertiary/aromatic N) is 2. The van der Waals surface area contributed by atoms with Gasteiger partial charge in [-0.1, -0.05) is 54.2 Å². The monoisotopic (exact) mass is 429 g/mol. The Morgan fingerprint density at radius 2 is 1.77 bits per heavy atom. The number of nitrogens with one attached hydrogen (secondary N) is 1. The van der Waals surface area contributed by atoms with Crippen molar-refractivity contribution < 1.29 is 9.53 Å². The van der Waals surface area contributed by atoms with E-state index < -0.39 is 0 Å². The average molecular weight is 430 g/mol. The third kappa shape index (κ3) is 5.03. The number of hydrogen-bond donors (Lipinski definition) is 1. The molecule has 4 rings (SSSR count). The Kier molecular flexibility index (Phi) is 6.48. The molecule has 6 heteroatoms. The van der Waals surface area contributed by atoms with Gasteiger partial charge < -0.3 is 10.1 Å². The highest BCUT2D eigenvalue weighted by Gasteiger charge is 2.12. The number of carbonyl (C=O) groups excluding carboxylic acids is 1. The van der Waals surface area contributed by atoms with Crippen LogP contribution in [0.25, 0.3) is 10.9 Å². The summed E-state index contributed by atoms with van der Waals surface area (Å²) in [5, 5.41) is 5.11. The summed E-state index contributed by atoms with van der Waals surface area (Å²) in [5.74, 6) is 2.19. The van der Waals surface area contributed by atoms with Gasteiger partial charge in [0.15, 0.2) is 10.9 Å². The molecule has 0 saturated carbocycles. The summed E-state index contributed by atoms with van der Waals surface area (Å²) >= 11 is 1.52. The molecule has 0 bridgehead atoms. The van der Waals surface area contributed by atoms with Crippen LogP contribution < -0.4 is 10.1 Å². The van der Waals surface area contributed by atoms with E-state index in [-0.39, 0.29) is 5.78 Å². The second kappa shape index (κ2) is 9.62. The SMILES string of the molecule is COc1ccc(C(C)=O)cc1CSc1nc(NCc2ccccc2)c2ccccc2n1. The van der Waals surface area contributed by atoms with Crippen molar-refractivity contribution in [3.8, 4) is 5.75 Å². The van der Waals surface area contributed by atoms with Gasteiger partial charge in [-0.25, -0.2) is 9.97 Å². The van der Waals surface area contributed by atoms with Gasteiger partial charge in [-0.15, -0.1) is 0 Å². The van der Waals surface area contributed by atoms with Crippen LogP contribution in [0.1, 0.15) is 28.4 Å². The Hall–Kier alpha value is -3.38. The second-order valence-electron chi connectivity index (χ2n) is 7.08. The number of aromatic nitrogens is 2. The molecular formula is C25H23N3O2S. The summed E-state index contributed by atoms with van der Waals surface area (Å²) in [6, 6.07) is 23.7. The van der Waals surface area contributed by atoms with Gasteiger partial charge in [0.1, 0.15) is 11.6 Å². The molecule has 156 valence electrons. The van der Waals surface area contributed by atoms with Crippen LogP contribution in [-0.4, -0.2) is 22.9 Å². The number of fused-ring (bicyclic) bond motifs is 1. The third-order valence-corrected chi connectivity index (χ3v) is 5.83. The Morgan fingerprint density at radius 1 is 1.00 bits per heavy atom. The van der Waals surface area contributed by atoms with E-state index in [0.717, 1.165) is 28.0 Å². The van der Waals surface area contributed by atoms with E-state index in [1.807, 2.05) is 54.6 Å². The van der Waals surface area contributed by atoms with Gasteiger partial charge in [-0.2, -0.15) is 0 Å². The van der Waals surface area contributed by atoms with Gasteiger partial charge in [-0.05, 0) is 42.8 Å². The fourth-order valence-corrected chi connectivity index (χ4v) is 4.12. The highest BCUT2D eigenvalue weighted by Crippen LogP contribution is 2.30. The minimum Gasteiger partial charge on any atom is -0.496 e. The zero-order valence-corrected chi connectivity index (χ0v) is 18.3. The fourth-order valence-electron chi connectivity index (χ4n) is 3.29. The Labute approximate surface area is 185 Å². The maximum atomic E-state index is 11.8. The largest absolute Gasteiger partial charge is 0.496 e. The predicted octanol–water partition coefficient (Wildman–Crippen LogP) is 5.75. The molecule has 5 nitrogen and oxygen atoms in total. The van der Waals surface area contributed by atoms with Crippen LogP contribution in [0.2, 0.25) is 0 Å². The lowest BCUT2D eigenvalue weighted by Crippen LogP contribution is -2.04. The van der Waals surface area contributed by atoms with E-state index in [9.17, 15) is 4.79 Å². The number of para-hydroxylation sites is 1. The molecule has 0 saturated heterocycles. The molecule has 0 atom stereocenters. The molecule has 31 heavy (non-hydrogen) atoms. The number of methoxy groups -OCH3 is 1. The molecule has 0 unspecified atom stereocenters. The molecule has 0 spiro atoms. The maximum Gasteiger partial charge on any atom is 0.190 e. The lowest BCUT2D eigenvalue weighted by molar-refractivity contribution is 0.101. The fraction of sp³-hybridized carbons (Fsp3) is 0.160. The van der Waals surface area contributed by atoms with Gasteiger partial charge in [0.05, 0.1) is 12.6 Å². The van der Waals surface area contributed by atoms with Gasteiger partial charge in [0.2, 0.25) is 0 Å². The number of carbonyl (C=O) groups is 1.